The maximum atomic E-state index is 11.5. The highest BCUT2D eigenvalue weighted by Crippen LogP contribution is 2.27. The highest BCUT2D eigenvalue weighted by molar-refractivity contribution is 8.00. The Kier molecular flexibility index (Phi) is 5.67. The first kappa shape index (κ1) is 13.7. The van der Waals surface area contributed by atoms with Gasteiger partial charge in [0, 0.05) is 5.02 Å². The zero-order valence-corrected chi connectivity index (χ0v) is 10.8. The molecule has 0 heterocycles. The van der Waals surface area contributed by atoms with E-state index in [1.165, 1.54) is 18.9 Å². The Morgan fingerprint density at radius 2 is 2.41 bits per heavy atom. The quantitative estimate of drug-likeness (QED) is 0.835. The third kappa shape index (κ3) is 4.55. The van der Waals surface area contributed by atoms with Gasteiger partial charge in [-0.1, -0.05) is 11.6 Å². The molecule has 0 saturated carbocycles. The summed E-state index contributed by atoms with van der Waals surface area (Å²) in [4.78, 5) is 11.5. The Morgan fingerprint density at radius 3 is 3.06 bits per heavy atom. The van der Waals surface area contributed by atoms with Crippen molar-refractivity contribution in [1.82, 2.24) is 0 Å². The van der Waals surface area contributed by atoms with E-state index < -0.39 is 0 Å². The van der Waals surface area contributed by atoms with Gasteiger partial charge in [-0.2, -0.15) is 5.26 Å². The second-order valence-corrected chi connectivity index (χ2v) is 4.47. The molecule has 0 atom stereocenters. The van der Waals surface area contributed by atoms with E-state index in [2.05, 4.69) is 5.32 Å². The molecule has 0 saturated heterocycles. The van der Waals surface area contributed by atoms with Crippen LogP contribution in [0.15, 0.2) is 18.2 Å². The normalized spacial score (nSPS) is 9.47. The molecule has 0 aromatic heterocycles. The maximum absolute atomic E-state index is 11.5. The molecule has 4 nitrogen and oxygen atoms in total. The van der Waals surface area contributed by atoms with Crippen molar-refractivity contribution < 1.29 is 9.53 Å². The Labute approximate surface area is 109 Å². The largest absolute Gasteiger partial charge is 0.495 e. The van der Waals surface area contributed by atoms with Crippen LogP contribution >= 0.6 is 23.4 Å². The third-order valence-corrected chi connectivity index (χ3v) is 2.87. The Bertz CT molecular complexity index is 446. The number of carbonyl (C=O) groups is 1. The highest BCUT2D eigenvalue weighted by Gasteiger charge is 2.08. The van der Waals surface area contributed by atoms with Crippen molar-refractivity contribution in [3.8, 4) is 11.8 Å². The average Bonchev–Trinajstić information content (AvgIpc) is 2.29. The summed E-state index contributed by atoms with van der Waals surface area (Å²) in [7, 11) is 1.52. The van der Waals surface area contributed by atoms with Gasteiger partial charge < -0.3 is 10.1 Å². The van der Waals surface area contributed by atoms with E-state index in [4.69, 9.17) is 21.6 Å². The first-order valence-electron chi connectivity index (χ1n) is 4.75. The van der Waals surface area contributed by atoms with Crippen LogP contribution in [0.1, 0.15) is 0 Å². The van der Waals surface area contributed by atoms with E-state index >= 15 is 0 Å². The molecular weight excluding hydrogens is 260 g/mol. The summed E-state index contributed by atoms with van der Waals surface area (Å²) in [6.45, 7) is 0. The highest BCUT2D eigenvalue weighted by atomic mass is 35.5. The van der Waals surface area contributed by atoms with Gasteiger partial charge >= 0.3 is 0 Å². The van der Waals surface area contributed by atoms with Crippen molar-refractivity contribution in [2.45, 2.75) is 0 Å². The Hall–Kier alpha value is -1.38. The van der Waals surface area contributed by atoms with Gasteiger partial charge in [-0.25, -0.2) is 0 Å². The molecule has 0 aliphatic carbocycles. The number of methoxy groups -OCH3 is 1. The fraction of sp³-hybridized carbons (Fsp3) is 0.273. The van der Waals surface area contributed by atoms with Gasteiger partial charge in [-0.05, 0) is 18.2 Å². The van der Waals surface area contributed by atoms with Gasteiger partial charge in [0.15, 0.2) is 0 Å². The van der Waals surface area contributed by atoms with Crippen LogP contribution in [0.3, 0.4) is 0 Å². The number of benzene rings is 1. The minimum atomic E-state index is -0.189. The SMILES string of the molecule is COc1ccc(Cl)cc1NC(=O)CSCC#N. The number of nitriles is 1. The van der Waals surface area contributed by atoms with Crippen LogP contribution in [0.4, 0.5) is 5.69 Å². The molecule has 1 N–H and O–H groups in total. The van der Waals surface area contributed by atoms with Crippen molar-refractivity contribution in [3.63, 3.8) is 0 Å². The molecule has 1 aromatic rings. The maximum Gasteiger partial charge on any atom is 0.234 e. The number of thioether (sulfide) groups is 1. The molecule has 1 amide bonds. The topological polar surface area (TPSA) is 62.1 Å². The molecule has 0 radical (unpaired) electrons. The summed E-state index contributed by atoms with van der Waals surface area (Å²) in [5.74, 6) is 0.877. The van der Waals surface area contributed by atoms with Crippen LogP contribution in [0.5, 0.6) is 5.75 Å². The number of rotatable bonds is 5. The molecule has 90 valence electrons. The first-order chi connectivity index (χ1) is 8.17. The van der Waals surface area contributed by atoms with Crippen LogP contribution in [0.2, 0.25) is 5.02 Å². The van der Waals surface area contributed by atoms with Crippen molar-refractivity contribution in [2.24, 2.45) is 0 Å². The van der Waals surface area contributed by atoms with Crippen LogP contribution in [0.25, 0.3) is 0 Å². The number of nitrogens with zero attached hydrogens (tertiary/aromatic N) is 1. The predicted octanol–water partition coefficient (Wildman–Crippen LogP) is 2.54. The van der Waals surface area contributed by atoms with Crippen molar-refractivity contribution in [3.05, 3.63) is 23.2 Å². The van der Waals surface area contributed by atoms with Gasteiger partial charge in [0.05, 0.1) is 30.4 Å². The molecule has 1 rings (SSSR count). The van der Waals surface area contributed by atoms with Crippen LogP contribution in [-0.4, -0.2) is 24.5 Å². The zero-order valence-electron chi connectivity index (χ0n) is 9.20. The second-order valence-electron chi connectivity index (χ2n) is 3.04. The predicted molar refractivity (Wildman–Crippen MR) is 69.6 cm³/mol. The van der Waals surface area contributed by atoms with E-state index in [1.54, 1.807) is 18.2 Å². The molecular formula is C11H11ClN2O2S. The molecule has 0 unspecified atom stereocenters. The van der Waals surface area contributed by atoms with Crippen molar-refractivity contribution >= 4 is 35.0 Å². The minimum absolute atomic E-state index is 0.189. The van der Waals surface area contributed by atoms with Crippen molar-refractivity contribution in [1.29, 1.82) is 5.26 Å². The number of nitrogens with one attached hydrogen (secondary N) is 1. The molecule has 6 heteroatoms. The van der Waals surface area contributed by atoms with E-state index in [1.807, 2.05) is 6.07 Å². The number of ether oxygens (including phenoxy) is 1. The zero-order chi connectivity index (χ0) is 12.7. The lowest BCUT2D eigenvalue weighted by atomic mass is 10.3. The number of anilines is 1. The van der Waals surface area contributed by atoms with Crippen LogP contribution in [0, 0.1) is 11.3 Å². The van der Waals surface area contributed by atoms with Gasteiger partial charge in [-0.3, -0.25) is 4.79 Å². The molecule has 0 aliphatic heterocycles. The van der Waals surface area contributed by atoms with Gasteiger partial charge in [0.1, 0.15) is 5.75 Å². The fourth-order valence-electron chi connectivity index (χ4n) is 1.15. The standard InChI is InChI=1S/C11H11ClN2O2S/c1-16-10-3-2-8(12)6-9(10)14-11(15)7-17-5-4-13/h2-3,6H,5,7H2,1H3,(H,14,15). The third-order valence-electron chi connectivity index (χ3n) is 1.84. The summed E-state index contributed by atoms with van der Waals surface area (Å²) in [6, 6.07) is 6.94. The van der Waals surface area contributed by atoms with E-state index in [0.29, 0.717) is 22.2 Å². The van der Waals surface area contributed by atoms with Gasteiger partial charge in [0.25, 0.3) is 0 Å². The van der Waals surface area contributed by atoms with Gasteiger partial charge in [0.2, 0.25) is 5.91 Å². The number of halogens is 1. The minimum Gasteiger partial charge on any atom is -0.495 e. The Morgan fingerprint density at radius 1 is 1.65 bits per heavy atom. The lowest BCUT2D eigenvalue weighted by Crippen LogP contribution is -2.14. The van der Waals surface area contributed by atoms with Crippen LogP contribution in [-0.2, 0) is 4.79 Å². The second kappa shape index (κ2) is 7.05. The fourth-order valence-corrected chi connectivity index (χ4v) is 1.78. The monoisotopic (exact) mass is 270 g/mol. The molecule has 0 fully saturated rings. The van der Waals surface area contributed by atoms with Crippen LogP contribution < -0.4 is 10.1 Å². The van der Waals surface area contributed by atoms with E-state index in [9.17, 15) is 4.79 Å². The number of amides is 1. The lowest BCUT2D eigenvalue weighted by molar-refractivity contribution is -0.113. The van der Waals surface area contributed by atoms with Crippen molar-refractivity contribution in [2.75, 3.05) is 23.9 Å². The molecule has 0 aliphatic rings. The molecule has 0 spiro atoms. The number of carbonyl (C=O) groups excluding carboxylic acids is 1. The summed E-state index contributed by atoms with van der Waals surface area (Å²) in [5.41, 5.74) is 0.530. The van der Waals surface area contributed by atoms with E-state index in [-0.39, 0.29) is 11.7 Å². The molecule has 0 bridgehead atoms. The number of hydrogen-bond donors (Lipinski definition) is 1. The summed E-state index contributed by atoms with van der Waals surface area (Å²) >= 11 is 7.08. The summed E-state index contributed by atoms with van der Waals surface area (Å²) < 4.78 is 5.09. The van der Waals surface area contributed by atoms with Gasteiger partial charge in [-0.15, -0.1) is 11.8 Å². The van der Waals surface area contributed by atoms with E-state index in [0.717, 1.165) is 0 Å². The average molecular weight is 271 g/mol. The molecule has 1 aromatic carbocycles. The first-order valence-corrected chi connectivity index (χ1v) is 6.28. The summed E-state index contributed by atoms with van der Waals surface area (Å²) in [6.07, 6.45) is 0. The summed E-state index contributed by atoms with van der Waals surface area (Å²) in [5, 5.41) is 11.5. The lowest BCUT2D eigenvalue weighted by Gasteiger charge is -2.09. The Balaban J connectivity index is 2.64. The smallest absolute Gasteiger partial charge is 0.234 e. The number of hydrogen-bond acceptors (Lipinski definition) is 4. The molecule has 17 heavy (non-hydrogen) atoms.